The largest absolute Gasteiger partial charge is 0.392 e. The molecule has 6 nitrogen and oxygen atoms in total. The monoisotopic (exact) mass is 420 g/mol. The van der Waals surface area contributed by atoms with E-state index in [1.807, 2.05) is 51.1 Å². The molecular formula is C24H36O6. The molecule has 3 aliphatic heterocycles. The fourth-order valence-corrected chi connectivity index (χ4v) is 5.17. The van der Waals surface area contributed by atoms with Crippen LogP contribution in [-0.2, 0) is 23.7 Å². The molecule has 6 unspecified atom stereocenters. The number of aliphatic hydroxyl groups is 1. The minimum absolute atomic E-state index is 0.00846. The Bertz CT molecular complexity index is 682. The van der Waals surface area contributed by atoms with Gasteiger partial charge in [-0.25, -0.2) is 0 Å². The van der Waals surface area contributed by atoms with Gasteiger partial charge in [-0.3, -0.25) is 0 Å². The van der Waals surface area contributed by atoms with E-state index in [4.69, 9.17) is 23.7 Å². The van der Waals surface area contributed by atoms with Crippen molar-refractivity contribution in [1.82, 2.24) is 0 Å². The van der Waals surface area contributed by atoms with Crippen molar-refractivity contribution in [2.45, 2.75) is 90.2 Å². The maximum Gasteiger partial charge on any atom is 0.184 e. The molecule has 168 valence electrons. The highest BCUT2D eigenvalue weighted by Gasteiger charge is 2.49. The van der Waals surface area contributed by atoms with E-state index >= 15 is 0 Å². The number of hydrogen-bond donors (Lipinski definition) is 1. The van der Waals surface area contributed by atoms with Crippen LogP contribution in [0.5, 0.6) is 0 Å². The Hall–Kier alpha value is -1.02. The third kappa shape index (κ3) is 4.18. The van der Waals surface area contributed by atoms with Crippen molar-refractivity contribution in [1.29, 1.82) is 0 Å². The van der Waals surface area contributed by atoms with Gasteiger partial charge in [0.05, 0.1) is 37.1 Å². The maximum atomic E-state index is 10.7. The topological polar surface area (TPSA) is 66.4 Å². The van der Waals surface area contributed by atoms with Gasteiger partial charge in [0.1, 0.15) is 6.10 Å². The fraction of sp³-hybridized carbons (Fsp3) is 0.750. The van der Waals surface area contributed by atoms with Crippen LogP contribution in [0.2, 0.25) is 0 Å². The van der Waals surface area contributed by atoms with Gasteiger partial charge in [0, 0.05) is 23.3 Å². The molecular weight excluding hydrogens is 384 g/mol. The van der Waals surface area contributed by atoms with E-state index in [1.54, 1.807) is 0 Å². The quantitative estimate of drug-likeness (QED) is 0.802. The minimum atomic E-state index is -0.457. The van der Waals surface area contributed by atoms with Crippen LogP contribution in [0.1, 0.15) is 52.9 Å². The van der Waals surface area contributed by atoms with Crippen LogP contribution in [0.4, 0.5) is 0 Å². The minimum Gasteiger partial charge on any atom is -0.392 e. The van der Waals surface area contributed by atoms with Crippen molar-refractivity contribution in [2.75, 3.05) is 6.61 Å². The molecule has 0 aromatic heterocycles. The van der Waals surface area contributed by atoms with Crippen molar-refractivity contribution < 1.29 is 28.8 Å². The Labute approximate surface area is 179 Å². The van der Waals surface area contributed by atoms with Crippen LogP contribution in [0.15, 0.2) is 30.3 Å². The molecule has 3 heterocycles. The number of rotatable bonds is 4. The first-order valence-electron chi connectivity index (χ1n) is 11.4. The second-order valence-electron chi connectivity index (χ2n) is 9.18. The third-order valence-corrected chi connectivity index (χ3v) is 7.11. The summed E-state index contributed by atoms with van der Waals surface area (Å²) in [4.78, 5) is 0. The number of benzene rings is 1. The van der Waals surface area contributed by atoms with E-state index in [9.17, 15) is 5.11 Å². The van der Waals surface area contributed by atoms with Gasteiger partial charge in [-0.15, -0.1) is 0 Å². The zero-order valence-corrected chi connectivity index (χ0v) is 18.6. The van der Waals surface area contributed by atoms with Gasteiger partial charge < -0.3 is 28.8 Å². The molecule has 3 fully saturated rings. The summed E-state index contributed by atoms with van der Waals surface area (Å²) in [5.41, 5.74) is 1.01. The van der Waals surface area contributed by atoms with E-state index in [2.05, 4.69) is 13.8 Å². The summed E-state index contributed by atoms with van der Waals surface area (Å²) in [7, 11) is 0. The second kappa shape index (κ2) is 9.23. The van der Waals surface area contributed by atoms with Gasteiger partial charge in [0.15, 0.2) is 12.6 Å². The summed E-state index contributed by atoms with van der Waals surface area (Å²) in [6.07, 6.45) is -1.01. The van der Waals surface area contributed by atoms with Gasteiger partial charge in [-0.2, -0.15) is 0 Å². The van der Waals surface area contributed by atoms with Crippen molar-refractivity contribution in [3.8, 4) is 0 Å². The van der Waals surface area contributed by atoms with Crippen molar-refractivity contribution in [2.24, 2.45) is 17.8 Å². The molecule has 11 atom stereocenters. The normalized spacial score (nSPS) is 46.9. The van der Waals surface area contributed by atoms with Crippen LogP contribution < -0.4 is 0 Å². The number of fused-ring (bicyclic) bond motifs is 1. The highest BCUT2D eigenvalue weighted by molar-refractivity contribution is 5.16. The summed E-state index contributed by atoms with van der Waals surface area (Å²) >= 11 is 0. The molecule has 3 aliphatic rings. The van der Waals surface area contributed by atoms with Gasteiger partial charge in [0.2, 0.25) is 0 Å². The maximum absolute atomic E-state index is 10.7. The molecule has 0 saturated carbocycles. The SMILES string of the molecule is CCC1O[C@H](OC2C(C)OC3COC(c4ccccc4)O[C@H]3[C@@H]2C)C(C)[C@@H](O)[C@@H]1C. The van der Waals surface area contributed by atoms with Gasteiger partial charge in [-0.1, -0.05) is 58.0 Å². The molecule has 0 amide bonds. The summed E-state index contributed by atoms with van der Waals surface area (Å²) < 4.78 is 31.3. The molecule has 0 aliphatic carbocycles. The first kappa shape index (κ1) is 22.2. The predicted molar refractivity (Wildman–Crippen MR) is 112 cm³/mol. The van der Waals surface area contributed by atoms with Gasteiger partial charge in [-0.05, 0) is 13.3 Å². The van der Waals surface area contributed by atoms with E-state index in [0.29, 0.717) is 6.61 Å². The molecule has 1 aromatic rings. The number of hydrogen-bond acceptors (Lipinski definition) is 6. The van der Waals surface area contributed by atoms with Crippen molar-refractivity contribution in [3.63, 3.8) is 0 Å². The predicted octanol–water partition coefficient (Wildman–Crippen LogP) is 3.68. The van der Waals surface area contributed by atoms with Crippen LogP contribution in [-0.4, -0.2) is 54.6 Å². The Balaban J connectivity index is 1.46. The Kier molecular flexibility index (Phi) is 6.82. The summed E-state index contributed by atoms with van der Waals surface area (Å²) in [6, 6.07) is 9.99. The van der Waals surface area contributed by atoms with Crippen LogP contribution in [0.25, 0.3) is 0 Å². The smallest absolute Gasteiger partial charge is 0.184 e. The average Bonchev–Trinajstić information content (AvgIpc) is 2.77. The second-order valence-corrected chi connectivity index (χ2v) is 9.18. The average molecular weight is 421 g/mol. The van der Waals surface area contributed by atoms with Gasteiger partial charge >= 0.3 is 0 Å². The molecule has 3 saturated heterocycles. The van der Waals surface area contributed by atoms with Crippen LogP contribution in [0, 0.1) is 17.8 Å². The van der Waals surface area contributed by atoms with E-state index in [0.717, 1.165) is 12.0 Å². The zero-order valence-electron chi connectivity index (χ0n) is 18.6. The van der Waals surface area contributed by atoms with E-state index < -0.39 is 18.7 Å². The standard InChI is InChI=1S/C24H36O6/c1-6-18-13(2)20(25)14(3)23(28-18)29-21-15(4)22-19(27-16(21)5)12-26-24(30-22)17-10-8-7-9-11-17/h7-11,13-16,18-25H,6,12H2,1-5H3/t13-,14?,15-,16?,18?,19?,20+,21?,22+,23-,24?/m1/s1. The Morgan fingerprint density at radius 1 is 0.967 bits per heavy atom. The Morgan fingerprint density at radius 2 is 1.70 bits per heavy atom. The summed E-state index contributed by atoms with van der Waals surface area (Å²) in [5, 5.41) is 10.7. The fourth-order valence-electron chi connectivity index (χ4n) is 5.17. The molecule has 6 heteroatoms. The number of aliphatic hydroxyl groups excluding tert-OH is 1. The van der Waals surface area contributed by atoms with Gasteiger partial charge in [0.25, 0.3) is 0 Å². The molecule has 30 heavy (non-hydrogen) atoms. The summed E-state index contributed by atoms with van der Waals surface area (Å²) in [5.74, 6) is 0.0889. The van der Waals surface area contributed by atoms with E-state index in [-0.39, 0.29) is 48.3 Å². The zero-order chi connectivity index (χ0) is 21.4. The molecule has 0 bridgehead atoms. The molecule has 4 rings (SSSR count). The van der Waals surface area contributed by atoms with E-state index in [1.165, 1.54) is 0 Å². The molecule has 1 aromatic carbocycles. The lowest BCUT2D eigenvalue weighted by Crippen LogP contribution is -2.60. The number of ether oxygens (including phenoxy) is 5. The molecule has 0 radical (unpaired) electrons. The van der Waals surface area contributed by atoms with Crippen LogP contribution >= 0.6 is 0 Å². The Morgan fingerprint density at radius 3 is 2.40 bits per heavy atom. The highest BCUT2D eigenvalue weighted by atomic mass is 16.7. The first-order valence-corrected chi connectivity index (χ1v) is 11.4. The molecule has 0 spiro atoms. The third-order valence-electron chi connectivity index (χ3n) is 7.11. The first-order chi connectivity index (χ1) is 14.4. The molecule has 1 N–H and O–H groups in total. The lowest BCUT2D eigenvalue weighted by atomic mass is 9.84. The van der Waals surface area contributed by atoms with Crippen LogP contribution in [0.3, 0.4) is 0 Å². The lowest BCUT2D eigenvalue weighted by molar-refractivity contribution is -0.346. The lowest BCUT2D eigenvalue weighted by Gasteiger charge is -2.50. The highest BCUT2D eigenvalue weighted by Crippen LogP contribution is 2.40. The van der Waals surface area contributed by atoms with Crippen molar-refractivity contribution in [3.05, 3.63) is 35.9 Å². The summed E-state index contributed by atoms with van der Waals surface area (Å²) in [6.45, 7) is 10.8. The van der Waals surface area contributed by atoms with Crippen molar-refractivity contribution >= 4 is 0 Å².